The molecular formula is C18H16Cl3N3O2S. The van der Waals surface area contributed by atoms with Crippen LogP contribution in [0, 0.1) is 0 Å². The van der Waals surface area contributed by atoms with Gasteiger partial charge >= 0.3 is 0 Å². The fraction of sp³-hybridized carbons (Fsp3) is 0.222. The lowest BCUT2D eigenvalue weighted by molar-refractivity contribution is 0.402. The smallest absolute Gasteiger partial charge is 0.233 e. The molecule has 0 bridgehead atoms. The summed E-state index contributed by atoms with van der Waals surface area (Å²) in [5, 5.41) is 4.71. The fourth-order valence-corrected chi connectivity index (χ4v) is 6.42. The van der Waals surface area contributed by atoms with Gasteiger partial charge in [-0.1, -0.05) is 59.1 Å². The van der Waals surface area contributed by atoms with E-state index in [0.29, 0.717) is 18.1 Å². The van der Waals surface area contributed by atoms with Crippen molar-refractivity contribution >= 4 is 55.5 Å². The number of hydrogen-bond acceptors (Lipinski definition) is 4. The van der Waals surface area contributed by atoms with Gasteiger partial charge in [0.25, 0.3) is 0 Å². The third kappa shape index (κ3) is 3.19. The van der Waals surface area contributed by atoms with Crippen molar-refractivity contribution in [1.29, 1.82) is 0 Å². The van der Waals surface area contributed by atoms with E-state index >= 15 is 0 Å². The van der Waals surface area contributed by atoms with Gasteiger partial charge in [-0.15, -0.1) is 0 Å². The van der Waals surface area contributed by atoms with E-state index in [1.807, 2.05) is 36.5 Å². The summed E-state index contributed by atoms with van der Waals surface area (Å²) in [6.45, 7) is 0.839. The first kappa shape index (κ1) is 18.9. The fourth-order valence-electron chi connectivity index (χ4n) is 3.32. The van der Waals surface area contributed by atoms with Crippen LogP contribution in [-0.2, 0) is 9.84 Å². The monoisotopic (exact) mass is 443 g/mol. The minimum atomic E-state index is -3.88. The largest absolute Gasteiger partial charge is 0.295 e. The van der Waals surface area contributed by atoms with E-state index in [0.717, 1.165) is 10.9 Å². The Morgan fingerprint density at radius 1 is 1.07 bits per heavy atom. The molecule has 1 atom stereocenters. The van der Waals surface area contributed by atoms with Crippen LogP contribution in [0.1, 0.15) is 0 Å². The molecule has 27 heavy (non-hydrogen) atoms. The molecule has 5 nitrogen and oxygen atoms in total. The Morgan fingerprint density at radius 2 is 1.85 bits per heavy atom. The minimum Gasteiger partial charge on any atom is -0.295 e. The van der Waals surface area contributed by atoms with E-state index in [2.05, 4.69) is 5.32 Å². The van der Waals surface area contributed by atoms with Crippen LogP contribution < -0.4 is 10.3 Å². The number of fused-ring (bicyclic) bond motifs is 1. The third-order valence-corrected chi connectivity index (χ3v) is 7.95. The van der Waals surface area contributed by atoms with Crippen LogP contribution >= 0.6 is 34.8 Å². The van der Waals surface area contributed by atoms with Gasteiger partial charge in [0.15, 0.2) is 15.2 Å². The van der Waals surface area contributed by atoms with E-state index in [1.54, 1.807) is 21.8 Å². The van der Waals surface area contributed by atoms with Gasteiger partial charge in [0.05, 0.1) is 17.0 Å². The van der Waals surface area contributed by atoms with Crippen LogP contribution in [-0.4, -0.2) is 36.0 Å². The Bertz CT molecular complexity index is 1100. The lowest BCUT2D eigenvalue weighted by Gasteiger charge is -2.45. The maximum Gasteiger partial charge on any atom is 0.233 e. The minimum absolute atomic E-state index is 0.0670. The normalized spacial score (nSPS) is 20.1. The SMILES string of the molecule is O=S(=O)(c1cccc(Cl)c1)C1NCCN(n2ccc3ccccc32)C1(Cl)Cl. The highest BCUT2D eigenvalue weighted by Crippen LogP contribution is 2.37. The average molecular weight is 445 g/mol. The summed E-state index contributed by atoms with van der Waals surface area (Å²) in [7, 11) is -3.88. The van der Waals surface area contributed by atoms with Crippen LogP contribution in [0.3, 0.4) is 0 Å². The van der Waals surface area contributed by atoms with Crippen molar-refractivity contribution in [3.8, 4) is 0 Å². The molecule has 142 valence electrons. The van der Waals surface area contributed by atoms with Gasteiger partial charge in [-0.25, -0.2) is 8.42 Å². The quantitative estimate of drug-likeness (QED) is 0.493. The van der Waals surface area contributed by atoms with Crippen molar-refractivity contribution in [3.05, 3.63) is 65.8 Å². The van der Waals surface area contributed by atoms with Crippen molar-refractivity contribution in [2.24, 2.45) is 0 Å². The number of sulfone groups is 1. The zero-order valence-electron chi connectivity index (χ0n) is 14.0. The zero-order valence-corrected chi connectivity index (χ0v) is 17.1. The van der Waals surface area contributed by atoms with Gasteiger partial charge in [0, 0.05) is 23.2 Å². The molecule has 3 aromatic rings. The molecule has 1 aliphatic heterocycles. The average Bonchev–Trinajstić information content (AvgIpc) is 3.05. The Kier molecular flexibility index (Phi) is 4.81. The van der Waals surface area contributed by atoms with Crippen LogP contribution in [0.2, 0.25) is 5.02 Å². The van der Waals surface area contributed by atoms with Crippen molar-refractivity contribution in [3.63, 3.8) is 0 Å². The van der Waals surface area contributed by atoms with Crippen LogP contribution in [0.25, 0.3) is 10.9 Å². The number of nitrogens with zero attached hydrogens (tertiary/aromatic N) is 2. The lowest BCUT2D eigenvalue weighted by Crippen LogP contribution is -2.67. The van der Waals surface area contributed by atoms with Gasteiger partial charge in [-0.2, -0.15) is 0 Å². The van der Waals surface area contributed by atoms with E-state index < -0.39 is 19.7 Å². The Balaban J connectivity index is 1.78. The van der Waals surface area contributed by atoms with Crippen molar-refractivity contribution < 1.29 is 8.42 Å². The number of para-hydroxylation sites is 1. The van der Waals surface area contributed by atoms with E-state index in [4.69, 9.17) is 34.8 Å². The Morgan fingerprint density at radius 3 is 2.63 bits per heavy atom. The number of aromatic nitrogens is 1. The third-order valence-electron chi connectivity index (χ3n) is 4.59. The number of hydrogen-bond donors (Lipinski definition) is 1. The highest BCUT2D eigenvalue weighted by molar-refractivity contribution is 7.92. The van der Waals surface area contributed by atoms with E-state index in [9.17, 15) is 8.42 Å². The van der Waals surface area contributed by atoms with E-state index in [-0.39, 0.29) is 4.90 Å². The molecule has 1 aliphatic rings. The molecule has 1 N–H and O–H groups in total. The van der Waals surface area contributed by atoms with Crippen molar-refractivity contribution in [1.82, 2.24) is 9.99 Å². The second kappa shape index (κ2) is 6.87. The molecular weight excluding hydrogens is 429 g/mol. The summed E-state index contributed by atoms with van der Waals surface area (Å²) in [6.07, 6.45) is 1.83. The summed E-state index contributed by atoms with van der Waals surface area (Å²) in [4.78, 5) is 0.0670. The van der Waals surface area contributed by atoms with Crippen LogP contribution in [0.4, 0.5) is 0 Å². The molecule has 0 radical (unpaired) electrons. The number of halogens is 3. The van der Waals surface area contributed by atoms with Crippen molar-refractivity contribution in [2.45, 2.75) is 14.7 Å². The zero-order chi connectivity index (χ0) is 19.2. The van der Waals surface area contributed by atoms with Crippen LogP contribution in [0.5, 0.6) is 0 Å². The molecule has 1 saturated heterocycles. The molecule has 2 aromatic carbocycles. The molecule has 9 heteroatoms. The molecule has 0 aliphatic carbocycles. The first-order valence-corrected chi connectivity index (χ1v) is 10.9. The summed E-state index contributed by atoms with van der Waals surface area (Å²) in [5.74, 6) is 0. The molecule has 0 amide bonds. The maximum absolute atomic E-state index is 13.2. The second-order valence-corrected chi connectivity index (χ2v) is 10.1. The Hall–Kier alpha value is -1.44. The maximum atomic E-state index is 13.2. The number of nitrogens with one attached hydrogen (secondary N) is 1. The van der Waals surface area contributed by atoms with Crippen molar-refractivity contribution in [2.75, 3.05) is 18.1 Å². The van der Waals surface area contributed by atoms with Gasteiger partial charge in [0.1, 0.15) is 0 Å². The van der Waals surface area contributed by atoms with Gasteiger partial charge in [0.2, 0.25) is 4.46 Å². The number of benzene rings is 2. The second-order valence-electron chi connectivity index (χ2n) is 6.27. The first-order chi connectivity index (χ1) is 12.8. The lowest BCUT2D eigenvalue weighted by atomic mass is 10.2. The molecule has 0 spiro atoms. The first-order valence-electron chi connectivity index (χ1n) is 8.26. The van der Waals surface area contributed by atoms with Gasteiger partial charge in [-0.3, -0.25) is 15.0 Å². The highest BCUT2D eigenvalue weighted by atomic mass is 35.5. The predicted molar refractivity (Wildman–Crippen MR) is 110 cm³/mol. The Labute approximate surface area is 172 Å². The summed E-state index contributed by atoms with van der Waals surface area (Å²) in [5.41, 5.74) is 0.893. The number of rotatable bonds is 3. The van der Waals surface area contributed by atoms with Gasteiger partial charge in [-0.05, 0) is 30.3 Å². The van der Waals surface area contributed by atoms with E-state index in [1.165, 1.54) is 12.1 Å². The molecule has 1 aromatic heterocycles. The molecule has 1 fully saturated rings. The standard InChI is InChI=1S/C18H16Cl3N3O2S/c19-14-5-3-6-15(12-14)27(25,26)17-18(20,21)24(11-9-22-17)23-10-8-13-4-1-2-7-16(13)23/h1-8,10,12,17,22H,9,11H2. The topological polar surface area (TPSA) is 54.3 Å². The number of piperazine rings is 1. The molecule has 4 rings (SSSR count). The molecule has 2 heterocycles. The summed E-state index contributed by atoms with van der Waals surface area (Å²) < 4.78 is 26.5. The highest BCUT2D eigenvalue weighted by Gasteiger charge is 2.51. The number of alkyl halides is 2. The molecule has 1 unspecified atom stereocenters. The summed E-state index contributed by atoms with van der Waals surface area (Å²) in [6, 6.07) is 15.8. The summed E-state index contributed by atoms with van der Waals surface area (Å²) >= 11 is 19.3. The van der Waals surface area contributed by atoms with Gasteiger partial charge < -0.3 is 0 Å². The predicted octanol–water partition coefficient (Wildman–Crippen LogP) is 3.77. The van der Waals surface area contributed by atoms with Crippen LogP contribution in [0.15, 0.2) is 65.7 Å². The molecule has 0 saturated carbocycles.